The van der Waals surface area contributed by atoms with Crippen LogP contribution in [0.4, 0.5) is 13.2 Å². The minimum Gasteiger partial charge on any atom is -0.231 e. The topological polar surface area (TPSA) is 156 Å². The lowest BCUT2D eigenvalue weighted by atomic mass is 10.1. The van der Waals surface area contributed by atoms with E-state index in [1.54, 1.807) is 22.9 Å². The van der Waals surface area contributed by atoms with Crippen LogP contribution in [-0.4, -0.2) is 36.4 Å². The van der Waals surface area contributed by atoms with Crippen molar-refractivity contribution in [2.45, 2.75) is 16.0 Å². The second-order valence-corrected chi connectivity index (χ2v) is 15.4. The lowest BCUT2D eigenvalue weighted by Gasteiger charge is -2.11. The van der Waals surface area contributed by atoms with Gasteiger partial charge in [-0.25, -0.2) is 36.5 Å². The number of para-hydroxylation sites is 2. The second-order valence-electron chi connectivity index (χ2n) is 11.5. The highest BCUT2D eigenvalue weighted by atomic mass is 35.5. The van der Waals surface area contributed by atoms with Crippen LogP contribution in [0.25, 0.3) is 45.1 Å². The maximum Gasteiger partial charge on any atom is 0.435 e. The molecule has 0 spiro atoms. The molecule has 0 atom stereocenters. The first kappa shape index (κ1) is 38.4. The summed E-state index contributed by atoms with van der Waals surface area (Å²) in [6.07, 6.45) is -4.71. The SMILES string of the molecule is NS(=O)(=O)c1ccccc1-n1nc(-c2ccccc2)c(Cl)c1-c1ccccc1.NS(=O)(=O)c1ccccc1-n1nc(C(F)(F)F)cc1-c1ccc(Cl)cc1. The predicted octanol–water partition coefficient (Wildman–Crippen LogP) is 8.37. The number of nitrogens with two attached hydrogens (primary N) is 2. The third-order valence-electron chi connectivity index (χ3n) is 7.86. The van der Waals surface area contributed by atoms with Gasteiger partial charge >= 0.3 is 6.18 Å². The van der Waals surface area contributed by atoms with E-state index in [1.165, 1.54) is 54.6 Å². The number of hydrogen-bond acceptors (Lipinski definition) is 6. The Morgan fingerprint density at radius 2 is 1.02 bits per heavy atom. The third-order valence-corrected chi connectivity index (χ3v) is 10.4. The van der Waals surface area contributed by atoms with Crippen molar-refractivity contribution in [3.63, 3.8) is 0 Å². The van der Waals surface area contributed by atoms with Gasteiger partial charge in [0.05, 0.1) is 27.8 Å². The molecule has 2 heterocycles. The number of rotatable bonds is 7. The highest BCUT2D eigenvalue weighted by Gasteiger charge is 2.36. The summed E-state index contributed by atoms with van der Waals surface area (Å²) in [7, 11) is -8.13. The normalized spacial score (nSPS) is 11.9. The molecule has 0 amide bonds. The van der Waals surface area contributed by atoms with E-state index in [0.717, 1.165) is 21.9 Å². The van der Waals surface area contributed by atoms with Crippen molar-refractivity contribution in [1.29, 1.82) is 0 Å². The lowest BCUT2D eigenvalue weighted by Crippen LogP contribution is -2.16. The van der Waals surface area contributed by atoms with Crippen LogP contribution in [0.3, 0.4) is 0 Å². The van der Waals surface area contributed by atoms with Crippen molar-refractivity contribution < 1.29 is 30.0 Å². The van der Waals surface area contributed by atoms with Crippen LogP contribution in [0.15, 0.2) is 149 Å². The predicted molar refractivity (Wildman–Crippen MR) is 201 cm³/mol. The van der Waals surface area contributed by atoms with Gasteiger partial charge in [-0.2, -0.15) is 23.4 Å². The minimum absolute atomic E-state index is 0.0223. The van der Waals surface area contributed by atoms with Crippen molar-refractivity contribution in [1.82, 2.24) is 19.6 Å². The fraction of sp³-hybridized carbons (Fsp3) is 0.0270. The largest absolute Gasteiger partial charge is 0.435 e. The molecule has 0 saturated heterocycles. The van der Waals surface area contributed by atoms with Crippen molar-refractivity contribution >= 4 is 43.2 Å². The van der Waals surface area contributed by atoms with Crippen LogP contribution in [0.2, 0.25) is 10.0 Å². The summed E-state index contributed by atoms with van der Waals surface area (Å²) < 4.78 is 89.9. The molecule has 2 aromatic heterocycles. The first-order valence-corrected chi connectivity index (χ1v) is 19.5. The summed E-state index contributed by atoms with van der Waals surface area (Å²) in [6, 6.07) is 37.7. The van der Waals surface area contributed by atoms with Crippen LogP contribution in [0.5, 0.6) is 0 Å². The molecular formula is C37H27Cl2F3N6O4S2. The summed E-state index contributed by atoms with van der Waals surface area (Å²) in [5.41, 5.74) is 2.31. The molecule has 17 heteroatoms. The lowest BCUT2D eigenvalue weighted by molar-refractivity contribution is -0.141. The molecule has 0 aliphatic heterocycles. The van der Waals surface area contributed by atoms with Gasteiger partial charge in [0.15, 0.2) is 5.69 Å². The molecule has 0 saturated carbocycles. The molecule has 5 aromatic carbocycles. The summed E-state index contributed by atoms with van der Waals surface area (Å²) in [5.74, 6) is 0. The zero-order valence-electron chi connectivity index (χ0n) is 27.6. The van der Waals surface area contributed by atoms with Crippen LogP contribution < -0.4 is 10.3 Å². The van der Waals surface area contributed by atoms with E-state index < -0.39 is 31.9 Å². The number of primary sulfonamides is 2. The van der Waals surface area contributed by atoms with Crippen molar-refractivity contribution in [3.05, 3.63) is 155 Å². The van der Waals surface area contributed by atoms with E-state index in [4.69, 9.17) is 33.5 Å². The number of nitrogens with zero attached hydrogens (tertiary/aromatic N) is 4. The van der Waals surface area contributed by atoms with Crippen LogP contribution in [0.1, 0.15) is 5.69 Å². The maximum atomic E-state index is 13.2. The Hall–Kier alpha value is -5.29. The fourth-order valence-electron chi connectivity index (χ4n) is 5.47. The van der Waals surface area contributed by atoms with Crippen molar-refractivity contribution in [2.75, 3.05) is 0 Å². The Kier molecular flexibility index (Phi) is 10.8. The smallest absolute Gasteiger partial charge is 0.231 e. The zero-order chi connectivity index (χ0) is 38.8. The summed E-state index contributed by atoms with van der Waals surface area (Å²) in [6.45, 7) is 0. The van der Waals surface area contributed by atoms with Gasteiger partial charge in [-0.1, -0.05) is 120 Å². The van der Waals surface area contributed by atoms with E-state index in [2.05, 4.69) is 10.2 Å². The Labute approximate surface area is 318 Å². The van der Waals surface area contributed by atoms with E-state index in [1.807, 2.05) is 60.7 Å². The third kappa shape index (κ3) is 8.26. The summed E-state index contributed by atoms with van der Waals surface area (Å²) in [5, 5.41) is 19.7. The molecule has 0 fully saturated rings. The molecular weight excluding hydrogens is 784 g/mol. The van der Waals surface area contributed by atoms with Gasteiger partial charge in [0, 0.05) is 21.7 Å². The quantitative estimate of drug-likeness (QED) is 0.165. The van der Waals surface area contributed by atoms with E-state index in [0.29, 0.717) is 32.7 Å². The van der Waals surface area contributed by atoms with E-state index in [9.17, 15) is 30.0 Å². The van der Waals surface area contributed by atoms with E-state index in [-0.39, 0.29) is 21.2 Å². The highest BCUT2D eigenvalue weighted by molar-refractivity contribution is 7.89. The number of hydrogen-bond donors (Lipinski definition) is 2. The highest BCUT2D eigenvalue weighted by Crippen LogP contribution is 2.39. The molecule has 276 valence electrons. The van der Waals surface area contributed by atoms with Crippen LogP contribution >= 0.6 is 23.2 Å². The number of halogens is 5. The van der Waals surface area contributed by atoms with Crippen molar-refractivity contribution in [3.8, 4) is 45.1 Å². The number of aromatic nitrogens is 4. The van der Waals surface area contributed by atoms with Gasteiger partial charge in [0.1, 0.15) is 15.5 Å². The summed E-state index contributed by atoms with van der Waals surface area (Å²) >= 11 is 12.6. The fourth-order valence-corrected chi connectivity index (χ4v) is 7.36. The molecule has 0 aliphatic rings. The van der Waals surface area contributed by atoms with Crippen molar-refractivity contribution in [2.24, 2.45) is 10.3 Å². The molecule has 7 rings (SSSR count). The Morgan fingerprint density at radius 3 is 1.52 bits per heavy atom. The molecule has 0 bridgehead atoms. The van der Waals surface area contributed by atoms with Gasteiger partial charge < -0.3 is 0 Å². The molecule has 10 nitrogen and oxygen atoms in total. The van der Waals surface area contributed by atoms with E-state index >= 15 is 0 Å². The average Bonchev–Trinajstić information content (AvgIpc) is 3.75. The van der Waals surface area contributed by atoms with Gasteiger partial charge in [-0.05, 0) is 42.5 Å². The Balaban J connectivity index is 0.000000185. The van der Waals surface area contributed by atoms with Crippen LogP contribution in [-0.2, 0) is 26.2 Å². The molecule has 0 radical (unpaired) electrons. The van der Waals surface area contributed by atoms with Gasteiger partial charge in [-0.15, -0.1) is 0 Å². The monoisotopic (exact) mass is 810 g/mol. The average molecular weight is 812 g/mol. The molecule has 0 aliphatic carbocycles. The second kappa shape index (κ2) is 15.2. The first-order chi connectivity index (χ1) is 25.5. The standard InChI is InChI=1S/C21H16ClN3O2S.C16H11ClF3N3O2S/c22-19-20(15-9-3-1-4-10-15)24-25(21(19)16-11-5-2-6-12-16)17-13-7-8-14-18(17)28(23,26)27;17-11-7-5-10(6-8-11)13-9-15(16(18,19)20)22-23(13)12-3-1-2-4-14(12)26(21,24)25/h1-14H,(H2,23,26,27);1-9H,(H2,21,24,25). The summed E-state index contributed by atoms with van der Waals surface area (Å²) in [4.78, 5) is -0.363. The number of sulfonamides is 2. The Morgan fingerprint density at radius 1 is 0.556 bits per heavy atom. The Bertz CT molecular complexity index is 2670. The molecule has 4 N–H and O–H groups in total. The first-order valence-electron chi connectivity index (χ1n) is 15.6. The molecule has 54 heavy (non-hydrogen) atoms. The van der Waals surface area contributed by atoms with Gasteiger partial charge in [-0.3, -0.25) is 0 Å². The van der Waals surface area contributed by atoms with Crippen LogP contribution in [0, 0.1) is 0 Å². The molecule has 7 aromatic rings. The number of alkyl halides is 3. The molecule has 0 unspecified atom stereocenters. The zero-order valence-corrected chi connectivity index (χ0v) is 30.7. The number of benzene rings is 5. The maximum absolute atomic E-state index is 13.2. The van der Waals surface area contributed by atoms with Gasteiger partial charge in [0.25, 0.3) is 0 Å². The van der Waals surface area contributed by atoms with Gasteiger partial charge in [0.2, 0.25) is 20.0 Å². The minimum atomic E-state index is -4.71.